The summed E-state index contributed by atoms with van der Waals surface area (Å²) in [7, 11) is 0. The van der Waals surface area contributed by atoms with Crippen molar-refractivity contribution in [2.24, 2.45) is 0 Å². The molecular weight excluding hydrogens is 418 g/mol. The molecule has 1 fully saturated rings. The Morgan fingerprint density at radius 3 is 2.30 bits per heavy atom. The van der Waals surface area contributed by atoms with Crippen molar-refractivity contribution in [1.82, 2.24) is 9.80 Å². The highest BCUT2D eigenvalue weighted by molar-refractivity contribution is 7.99. The van der Waals surface area contributed by atoms with Crippen LogP contribution >= 0.6 is 23.4 Å². The molecule has 0 saturated carbocycles. The fourth-order valence-electron chi connectivity index (χ4n) is 3.38. The monoisotopic (exact) mass is 445 g/mol. The minimum Gasteiger partial charge on any atom is -0.336 e. The normalized spacial score (nSPS) is 14.5. The molecule has 0 aromatic heterocycles. The lowest BCUT2D eigenvalue weighted by atomic mass is 10.1. The molecular formula is C23H28ClN3O2S. The molecule has 1 N–H and O–H groups in total. The zero-order valence-corrected chi connectivity index (χ0v) is 18.8. The van der Waals surface area contributed by atoms with Crippen molar-refractivity contribution in [2.45, 2.75) is 13.3 Å². The van der Waals surface area contributed by atoms with Crippen molar-refractivity contribution < 1.29 is 9.59 Å². The van der Waals surface area contributed by atoms with Gasteiger partial charge in [0.05, 0.1) is 5.75 Å². The van der Waals surface area contributed by atoms with E-state index in [0.717, 1.165) is 55.6 Å². The first-order chi connectivity index (χ1) is 14.5. The summed E-state index contributed by atoms with van der Waals surface area (Å²) in [5.41, 5.74) is 2.66. The fourth-order valence-corrected chi connectivity index (χ4v) is 3.97. The summed E-state index contributed by atoms with van der Waals surface area (Å²) in [6.07, 6.45) is 0.981. The molecule has 1 saturated heterocycles. The molecule has 0 unspecified atom stereocenters. The predicted octanol–water partition coefficient (Wildman–Crippen LogP) is 4.03. The van der Waals surface area contributed by atoms with Gasteiger partial charge in [0.15, 0.2) is 0 Å². The maximum absolute atomic E-state index is 12.8. The van der Waals surface area contributed by atoms with Gasteiger partial charge in [-0.15, -0.1) is 0 Å². The zero-order chi connectivity index (χ0) is 21.3. The third-order valence-corrected chi connectivity index (χ3v) is 6.27. The Hall–Kier alpha value is -2.02. The van der Waals surface area contributed by atoms with Crippen LogP contribution in [-0.4, -0.2) is 65.8 Å². The van der Waals surface area contributed by atoms with E-state index >= 15 is 0 Å². The molecule has 1 heterocycles. The van der Waals surface area contributed by atoms with Gasteiger partial charge in [-0.1, -0.05) is 30.7 Å². The van der Waals surface area contributed by atoms with Gasteiger partial charge in [-0.3, -0.25) is 14.5 Å². The Bertz CT molecular complexity index is 835. The Kier molecular flexibility index (Phi) is 8.61. The average Bonchev–Trinajstić information content (AvgIpc) is 2.78. The van der Waals surface area contributed by atoms with E-state index in [4.69, 9.17) is 11.6 Å². The predicted molar refractivity (Wildman–Crippen MR) is 126 cm³/mol. The molecule has 0 atom stereocenters. The maximum atomic E-state index is 12.8. The smallest absolute Gasteiger partial charge is 0.253 e. The largest absolute Gasteiger partial charge is 0.336 e. The van der Waals surface area contributed by atoms with Crippen molar-refractivity contribution in [2.75, 3.05) is 49.5 Å². The van der Waals surface area contributed by atoms with Crippen molar-refractivity contribution >= 4 is 40.9 Å². The van der Waals surface area contributed by atoms with E-state index in [1.54, 1.807) is 36.0 Å². The van der Waals surface area contributed by atoms with Crippen molar-refractivity contribution in [1.29, 1.82) is 0 Å². The first-order valence-electron chi connectivity index (χ1n) is 10.3. The first kappa shape index (κ1) is 22.7. The van der Waals surface area contributed by atoms with E-state index in [0.29, 0.717) is 11.3 Å². The topological polar surface area (TPSA) is 52.7 Å². The summed E-state index contributed by atoms with van der Waals surface area (Å²) >= 11 is 7.52. The van der Waals surface area contributed by atoms with Crippen LogP contribution in [0.2, 0.25) is 5.02 Å². The third kappa shape index (κ3) is 6.76. The van der Waals surface area contributed by atoms with Crippen molar-refractivity contribution in [3.05, 3.63) is 64.7 Å². The van der Waals surface area contributed by atoms with Crippen LogP contribution in [0.5, 0.6) is 0 Å². The molecule has 2 aromatic rings. The molecule has 30 heavy (non-hydrogen) atoms. The minimum absolute atomic E-state index is 0.0179. The molecule has 0 bridgehead atoms. The first-order valence-corrected chi connectivity index (χ1v) is 11.8. The lowest BCUT2D eigenvalue weighted by Crippen LogP contribution is -2.49. The van der Waals surface area contributed by atoms with Crippen molar-refractivity contribution in [3.63, 3.8) is 0 Å². The van der Waals surface area contributed by atoms with Gasteiger partial charge in [0.25, 0.3) is 5.91 Å². The van der Waals surface area contributed by atoms with E-state index in [1.165, 1.54) is 5.56 Å². The summed E-state index contributed by atoms with van der Waals surface area (Å²) in [4.78, 5) is 28.9. The van der Waals surface area contributed by atoms with Crippen LogP contribution in [0.15, 0.2) is 48.5 Å². The summed E-state index contributed by atoms with van der Waals surface area (Å²) in [5.74, 6) is 1.39. The van der Waals surface area contributed by atoms with E-state index in [9.17, 15) is 9.59 Å². The van der Waals surface area contributed by atoms with E-state index in [2.05, 4.69) is 22.3 Å². The Balaban J connectivity index is 1.44. The number of anilines is 1. The Labute approximate surface area is 187 Å². The quantitative estimate of drug-likeness (QED) is 0.666. The maximum Gasteiger partial charge on any atom is 0.253 e. The fraction of sp³-hybridized carbons (Fsp3) is 0.391. The standard InChI is InChI=1S/C23H28ClN3O2S/c1-2-30-17-22(28)25-21-9-5-19(6-10-21)23(29)27-15-13-26(14-16-27)12-11-18-3-7-20(24)8-4-18/h3-10H,2,11-17H2,1H3,(H,25,28). The van der Waals surface area contributed by atoms with Gasteiger partial charge in [-0.25, -0.2) is 0 Å². The Morgan fingerprint density at radius 2 is 1.67 bits per heavy atom. The van der Waals surface area contributed by atoms with Gasteiger partial charge < -0.3 is 10.2 Å². The number of rotatable bonds is 8. The molecule has 160 valence electrons. The third-order valence-electron chi connectivity index (χ3n) is 5.14. The minimum atomic E-state index is -0.0179. The second-order valence-corrected chi connectivity index (χ2v) is 8.98. The Morgan fingerprint density at radius 1 is 1.00 bits per heavy atom. The van der Waals surface area contributed by atoms with Crippen LogP contribution in [0.25, 0.3) is 0 Å². The van der Waals surface area contributed by atoms with Gasteiger partial charge >= 0.3 is 0 Å². The van der Waals surface area contributed by atoms with Gasteiger partial charge in [0.2, 0.25) is 5.91 Å². The number of amides is 2. The van der Waals surface area contributed by atoms with Crippen LogP contribution < -0.4 is 5.32 Å². The molecule has 3 rings (SSSR count). The number of thioether (sulfide) groups is 1. The number of nitrogens with zero attached hydrogens (tertiary/aromatic N) is 2. The number of hydrogen-bond acceptors (Lipinski definition) is 4. The van der Waals surface area contributed by atoms with Crippen molar-refractivity contribution in [3.8, 4) is 0 Å². The highest BCUT2D eigenvalue weighted by atomic mass is 35.5. The molecule has 5 nitrogen and oxygen atoms in total. The lowest BCUT2D eigenvalue weighted by molar-refractivity contribution is -0.113. The molecule has 0 radical (unpaired) electrons. The van der Waals surface area contributed by atoms with E-state index in [1.807, 2.05) is 24.0 Å². The van der Waals surface area contributed by atoms with Gasteiger partial charge in [0.1, 0.15) is 0 Å². The summed E-state index contributed by atoms with van der Waals surface area (Å²) in [5, 5.41) is 3.62. The molecule has 0 aliphatic carbocycles. The van der Waals surface area contributed by atoms with Crippen LogP contribution in [0, 0.1) is 0 Å². The van der Waals surface area contributed by atoms with Crippen LogP contribution in [0.1, 0.15) is 22.8 Å². The second-order valence-electron chi connectivity index (χ2n) is 7.27. The van der Waals surface area contributed by atoms with Gasteiger partial charge in [0, 0.05) is 49.0 Å². The number of nitrogens with one attached hydrogen (secondary N) is 1. The lowest BCUT2D eigenvalue weighted by Gasteiger charge is -2.34. The highest BCUT2D eigenvalue weighted by Crippen LogP contribution is 2.15. The summed E-state index contributed by atoms with van der Waals surface area (Å²) in [6.45, 7) is 6.22. The molecule has 1 aliphatic rings. The van der Waals surface area contributed by atoms with Crippen LogP contribution in [0.3, 0.4) is 0 Å². The number of benzene rings is 2. The number of carbonyl (C=O) groups excluding carboxylic acids is 2. The molecule has 7 heteroatoms. The van der Waals surface area contributed by atoms with Gasteiger partial charge in [-0.05, 0) is 54.1 Å². The average molecular weight is 446 g/mol. The zero-order valence-electron chi connectivity index (χ0n) is 17.3. The van der Waals surface area contributed by atoms with E-state index < -0.39 is 0 Å². The summed E-state index contributed by atoms with van der Waals surface area (Å²) < 4.78 is 0. The molecule has 2 aromatic carbocycles. The molecule has 1 aliphatic heterocycles. The highest BCUT2D eigenvalue weighted by Gasteiger charge is 2.22. The molecule has 0 spiro atoms. The number of carbonyl (C=O) groups is 2. The van der Waals surface area contributed by atoms with E-state index in [-0.39, 0.29) is 11.8 Å². The number of halogens is 1. The van der Waals surface area contributed by atoms with Crippen LogP contribution in [-0.2, 0) is 11.2 Å². The second kappa shape index (κ2) is 11.4. The van der Waals surface area contributed by atoms with Crippen LogP contribution in [0.4, 0.5) is 5.69 Å². The number of hydrogen-bond donors (Lipinski definition) is 1. The SMILES string of the molecule is CCSCC(=O)Nc1ccc(C(=O)N2CCN(CCc3ccc(Cl)cc3)CC2)cc1. The van der Waals surface area contributed by atoms with Gasteiger partial charge in [-0.2, -0.15) is 11.8 Å². The molecule has 2 amide bonds. The summed E-state index contributed by atoms with van der Waals surface area (Å²) in [6, 6.07) is 15.2. The number of piperazine rings is 1.